The molecule has 0 saturated carbocycles. The molecule has 0 bridgehead atoms. The molecule has 2 aromatic rings. The van der Waals surface area contributed by atoms with Crippen LogP contribution in [0.5, 0.6) is 5.75 Å². The molecule has 0 aliphatic rings. The summed E-state index contributed by atoms with van der Waals surface area (Å²) in [6, 6.07) is 10.0. The second-order valence-electron chi connectivity index (χ2n) is 4.16. The fraction of sp³-hybridized carbons (Fsp3) is 0.0714. The fourth-order valence-corrected chi connectivity index (χ4v) is 2.28. The first-order chi connectivity index (χ1) is 8.99. The number of hydrogen-bond acceptors (Lipinski definition) is 3. The minimum atomic E-state index is -0.217. The highest BCUT2D eigenvalue weighted by Crippen LogP contribution is 2.25. The Morgan fingerprint density at radius 2 is 2.05 bits per heavy atom. The second kappa shape index (κ2) is 5.48. The van der Waals surface area contributed by atoms with E-state index in [1.165, 1.54) is 12.1 Å². The number of amides is 1. The van der Waals surface area contributed by atoms with Crippen molar-refractivity contribution in [2.24, 2.45) is 0 Å². The molecule has 4 nitrogen and oxygen atoms in total. The van der Waals surface area contributed by atoms with E-state index in [1.54, 1.807) is 12.1 Å². The number of rotatable bonds is 2. The molecule has 98 valence electrons. The van der Waals surface area contributed by atoms with Crippen molar-refractivity contribution in [2.45, 2.75) is 6.92 Å². The molecule has 0 unspecified atom stereocenters. The molecule has 0 fully saturated rings. The largest absolute Gasteiger partial charge is 0.508 e. The number of carbonyl (C=O) groups excluding carboxylic acids is 1. The van der Waals surface area contributed by atoms with Gasteiger partial charge in [0.05, 0.1) is 16.9 Å². The van der Waals surface area contributed by atoms with Crippen LogP contribution in [-0.4, -0.2) is 11.0 Å². The van der Waals surface area contributed by atoms with Gasteiger partial charge in [-0.2, -0.15) is 0 Å². The third kappa shape index (κ3) is 2.98. The Bertz CT molecular complexity index is 641. The number of halogens is 1. The average Bonchev–Trinajstić information content (AvgIpc) is 2.36. The molecular formula is C14H13IN2O2. The molecule has 0 spiro atoms. The molecule has 0 aliphatic heterocycles. The van der Waals surface area contributed by atoms with E-state index in [9.17, 15) is 9.90 Å². The van der Waals surface area contributed by atoms with Crippen molar-refractivity contribution < 1.29 is 9.90 Å². The van der Waals surface area contributed by atoms with Gasteiger partial charge in [-0.1, -0.05) is 12.1 Å². The lowest BCUT2D eigenvalue weighted by atomic mass is 10.1. The zero-order valence-electron chi connectivity index (χ0n) is 10.3. The number of phenolic OH excluding ortho intramolecular Hbond substituents is 1. The molecule has 19 heavy (non-hydrogen) atoms. The number of nitrogens with two attached hydrogens (primary N) is 1. The first kappa shape index (κ1) is 13.7. The van der Waals surface area contributed by atoms with E-state index in [2.05, 4.69) is 27.9 Å². The molecule has 0 heterocycles. The van der Waals surface area contributed by atoms with Gasteiger partial charge in [0.1, 0.15) is 5.75 Å². The van der Waals surface area contributed by atoms with E-state index in [1.807, 2.05) is 19.1 Å². The Morgan fingerprint density at radius 1 is 1.32 bits per heavy atom. The molecular weight excluding hydrogens is 355 g/mol. The van der Waals surface area contributed by atoms with Gasteiger partial charge < -0.3 is 16.2 Å². The number of anilines is 2. The van der Waals surface area contributed by atoms with Crippen LogP contribution in [0.25, 0.3) is 0 Å². The number of aryl methyl sites for hydroxylation is 1. The zero-order valence-corrected chi connectivity index (χ0v) is 12.4. The molecule has 0 aliphatic carbocycles. The van der Waals surface area contributed by atoms with E-state index in [-0.39, 0.29) is 11.7 Å². The molecule has 2 aromatic carbocycles. The Kier molecular flexibility index (Phi) is 3.94. The monoisotopic (exact) mass is 368 g/mol. The first-order valence-electron chi connectivity index (χ1n) is 5.64. The van der Waals surface area contributed by atoms with E-state index < -0.39 is 0 Å². The highest BCUT2D eigenvalue weighted by Gasteiger charge is 2.12. The Balaban J connectivity index is 2.28. The van der Waals surface area contributed by atoms with E-state index in [0.717, 1.165) is 9.13 Å². The molecule has 0 aromatic heterocycles. The normalized spacial score (nSPS) is 10.2. The van der Waals surface area contributed by atoms with Gasteiger partial charge >= 0.3 is 0 Å². The molecule has 0 saturated heterocycles. The van der Waals surface area contributed by atoms with Crippen LogP contribution in [0.4, 0.5) is 11.4 Å². The average molecular weight is 368 g/mol. The van der Waals surface area contributed by atoms with Crippen LogP contribution in [0.15, 0.2) is 36.4 Å². The van der Waals surface area contributed by atoms with Crippen molar-refractivity contribution in [3.05, 3.63) is 51.1 Å². The molecule has 0 atom stereocenters. The van der Waals surface area contributed by atoms with Gasteiger partial charge in [0.2, 0.25) is 0 Å². The molecule has 5 heteroatoms. The maximum atomic E-state index is 12.2. The summed E-state index contributed by atoms with van der Waals surface area (Å²) >= 11 is 2.14. The molecule has 0 radical (unpaired) electrons. The minimum Gasteiger partial charge on any atom is -0.508 e. The van der Waals surface area contributed by atoms with Crippen LogP contribution >= 0.6 is 22.6 Å². The zero-order chi connectivity index (χ0) is 14.0. The summed E-state index contributed by atoms with van der Waals surface area (Å²) in [5.74, 6) is -0.147. The van der Waals surface area contributed by atoms with Gasteiger partial charge in [0, 0.05) is 9.64 Å². The number of nitrogens with one attached hydrogen (secondary N) is 1. The van der Waals surface area contributed by atoms with Crippen LogP contribution < -0.4 is 11.1 Å². The third-order valence-corrected chi connectivity index (χ3v) is 4.15. The van der Waals surface area contributed by atoms with Crippen molar-refractivity contribution >= 4 is 39.9 Å². The van der Waals surface area contributed by atoms with Gasteiger partial charge in [0.15, 0.2) is 0 Å². The lowest BCUT2D eigenvalue weighted by Gasteiger charge is -2.10. The van der Waals surface area contributed by atoms with Crippen LogP contribution in [0.2, 0.25) is 0 Å². The number of phenols is 1. The first-order valence-corrected chi connectivity index (χ1v) is 6.72. The summed E-state index contributed by atoms with van der Waals surface area (Å²) in [7, 11) is 0. The topological polar surface area (TPSA) is 75.3 Å². The van der Waals surface area contributed by atoms with E-state index in [0.29, 0.717) is 16.9 Å². The Morgan fingerprint density at radius 3 is 2.74 bits per heavy atom. The van der Waals surface area contributed by atoms with Gasteiger partial charge in [-0.05, 0) is 53.3 Å². The van der Waals surface area contributed by atoms with Crippen LogP contribution in [0.1, 0.15) is 15.9 Å². The maximum absolute atomic E-state index is 12.2. The van der Waals surface area contributed by atoms with Gasteiger partial charge in [-0.3, -0.25) is 4.79 Å². The van der Waals surface area contributed by atoms with Crippen LogP contribution in [0, 0.1) is 10.5 Å². The summed E-state index contributed by atoms with van der Waals surface area (Å²) in [4.78, 5) is 12.2. The lowest BCUT2D eigenvalue weighted by molar-refractivity contribution is 0.102. The van der Waals surface area contributed by atoms with Crippen molar-refractivity contribution in [3.63, 3.8) is 0 Å². The highest BCUT2D eigenvalue weighted by molar-refractivity contribution is 14.1. The van der Waals surface area contributed by atoms with Crippen LogP contribution in [0.3, 0.4) is 0 Å². The predicted molar refractivity (Wildman–Crippen MR) is 84.4 cm³/mol. The smallest absolute Gasteiger partial charge is 0.256 e. The van der Waals surface area contributed by atoms with Gasteiger partial charge in [-0.15, -0.1) is 0 Å². The standard InChI is InChI=1S/C14H13IN2O2/c1-8-3-2-4-10(13(8)15)14(19)17-12-6-5-9(18)7-11(12)16/h2-7,18H,16H2,1H3,(H,17,19). The Labute approximate surface area is 124 Å². The number of benzene rings is 2. The number of carbonyl (C=O) groups is 1. The molecule has 2 rings (SSSR count). The van der Waals surface area contributed by atoms with Crippen molar-refractivity contribution in [1.29, 1.82) is 0 Å². The van der Waals surface area contributed by atoms with Gasteiger partial charge in [-0.25, -0.2) is 0 Å². The lowest BCUT2D eigenvalue weighted by Crippen LogP contribution is -2.15. The summed E-state index contributed by atoms with van der Waals surface area (Å²) in [5, 5.41) is 12.0. The summed E-state index contributed by atoms with van der Waals surface area (Å²) in [6.45, 7) is 1.95. The predicted octanol–water partition coefficient (Wildman–Crippen LogP) is 3.14. The van der Waals surface area contributed by atoms with Gasteiger partial charge in [0.25, 0.3) is 5.91 Å². The summed E-state index contributed by atoms with van der Waals surface area (Å²) in [5.41, 5.74) is 8.21. The second-order valence-corrected chi connectivity index (χ2v) is 5.24. The van der Waals surface area contributed by atoms with Crippen molar-refractivity contribution in [1.82, 2.24) is 0 Å². The Hall–Kier alpha value is -1.76. The van der Waals surface area contributed by atoms with E-state index in [4.69, 9.17) is 5.73 Å². The van der Waals surface area contributed by atoms with Crippen molar-refractivity contribution in [2.75, 3.05) is 11.1 Å². The van der Waals surface area contributed by atoms with E-state index >= 15 is 0 Å². The van der Waals surface area contributed by atoms with Crippen LogP contribution in [-0.2, 0) is 0 Å². The fourth-order valence-electron chi connectivity index (χ4n) is 1.68. The third-order valence-electron chi connectivity index (χ3n) is 2.72. The SMILES string of the molecule is Cc1cccc(C(=O)Nc2ccc(O)cc2N)c1I. The minimum absolute atomic E-state index is 0.0700. The quantitative estimate of drug-likeness (QED) is 0.433. The number of nitrogen functional groups attached to an aromatic ring is 1. The maximum Gasteiger partial charge on any atom is 0.256 e. The summed E-state index contributed by atoms with van der Waals surface area (Å²) < 4.78 is 0.912. The number of aromatic hydroxyl groups is 1. The molecule has 1 amide bonds. The number of hydrogen-bond donors (Lipinski definition) is 3. The highest BCUT2D eigenvalue weighted by atomic mass is 127. The molecule has 4 N–H and O–H groups in total. The summed E-state index contributed by atoms with van der Waals surface area (Å²) in [6.07, 6.45) is 0. The van der Waals surface area contributed by atoms with Crippen molar-refractivity contribution in [3.8, 4) is 5.75 Å².